The fraction of sp³-hybridized carbons (Fsp3) is 0.0800. The molecule has 1 N–H and O–H groups in total. The highest BCUT2D eigenvalue weighted by molar-refractivity contribution is 6.30. The van der Waals surface area contributed by atoms with E-state index in [1.54, 1.807) is 17.0 Å². The quantitative estimate of drug-likeness (QED) is 0.617. The molecule has 0 radical (unpaired) electrons. The number of hydrogen-bond acceptors (Lipinski definition) is 2. The van der Waals surface area contributed by atoms with Gasteiger partial charge in [-0.1, -0.05) is 72.3 Å². The molecule has 1 heterocycles. The molecule has 4 heteroatoms. The molecule has 0 aliphatic carbocycles. The Morgan fingerprint density at radius 1 is 0.828 bits per heavy atom. The Hall–Kier alpha value is -3.14. The highest BCUT2D eigenvalue weighted by Gasteiger charge is 2.31. The van der Waals surface area contributed by atoms with E-state index in [-0.39, 0.29) is 12.5 Å². The Kier molecular flexibility index (Phi) is 5.61. The summed E-state index contributed by atoms with van der Waals surface area (Å²) in [5.41, 5.74) is 5.11. The van der Waals surface area contributed by atoms with Gasteiger partial charge >= 0.3 is 0 Å². The van der Waals surface area contributed by atoms with Crippen LogP contribution in [0.2, 0.25) is 5.02 Å². The lowest BCUT2D eigenvalue weighted by Crippen LogP contribution is -2.26. The standard InChI is InChI=1S/C25H20ClNO2/c26-21-11-13-22(14-12-21)27-23(17-20(15-16-28)25(27)29)24(18-7-3-1-4-8-18)19-9-5-2-6-10-19/h1-14,17,28H,15-16H2. The number of nitrogens with zero attached hydrogens (tertiary/aromatic N) is 1. The van der Waals surface area contributed by atoms with Gasteiger partial charge in [0.05, 0.1) is 5.70 Å². The van der Waals surface area contributed by atoms with Crippen LogP contribution in [-0.2, 0) is 4.79 Å². The maximum Gasteiger partial charge on any atom is 0.258 e. The van der Waals surface area contributed by atoms with Crippen LogP contribution >= 0.6 is 11.6 Å². The lowest BCUT2D eigenvalue weighted by Gasteiger charge is -2.23. The van der Waals surface area contributed by atoms with E-state index >= 15 is 0 Å². The molecule has 0 spiro atoms. The topological polar surface area (TPSA) is 40.5 Å². The van der Waals surface area contributed by atoms with Crippen molar-refractivity contribution in [3.05, 3.63) is 118 Å². The lowest BCUT2D eigenvalue weighted by atomic mass is 9.95. The first-order valence-electron chi connectivity index (χ1n) is 9.45. The van der Waals surface area contributed by atoms with Crippen molar-refractivity contribution in [2.45, 2.75) is 6.42 Å². The molecular weight excluding hydrogens is 382 g/mol. The summed E-state index contributed by atoms with van der Waals surface area (Å²) < 4.78 is 0. The van der Waals surface area contributed by atoms with Gasteiger partial charge in [0.2, 0.25) is 0 Å². The number of amides is 1. The van der Waals surface area contributed by atoms with Crippen molar-refractivity contribution in [1.82, 2.24) is 0 Å². The zero-order chi connectivity index (χ0) is 20.2. The van der Waals surface area contributed by atoms with Gasteiger partial charge in [-0.2, -0.15) is 0 Å². The lowest BCUT2D eigenvalue weighted by molar-refractivity contribution is -0.114. The molecule has 1 amide bonds. The predicted octanol–water partition coefficient (Wildman–Crippen LogP) is 5.46. The summed E-state index contributed by atoms with van der Waals surface area (Å²) in [4.78, 5) is 14.9. The van der Waals surface area contributed by atoms with Crippen LogP contribution in [0.1, 0.15) is 17.5 Å². The van der Waals surface area contributed by atoms with Gasteiger partial charge in [-0.05, 0) is 41.5 Å². The normalized spacial score (nSPS) is 13.6. The molecule has 0 aromatic heterocycles. The van der Waals surface area contributed by atoms with Crippen molar-refractivity contribution in [3.63, 3.8) is 0 Å². The van der Waals surface area contributed by atoms with E-state index in [9.17, 15) is 9.90 Å². The Labute approximate surface area is 175 Å². The third-order valence-electron chi connectivity index (χ3n) is 4.88. The molecular formula is C25H20ClNO2. The number of benzene rings is 3. The summed E-state index contributed by atoms with van der Waals surface area (Å²) in [6, 6.07) is 27.3. The minimum atomic E-state index is -0.124. The highest BCUT2D eigenvalue weighted by atomic mass is 35.5. The highest BCUT2D eigenvalue weighted by Crippen LogP contribution is 2.37. The predicted molar refractivity (Wildman–Crippen MR) is 118 cm³/mol. The molecule has 3 aromatic carbocycles. The Morgan fingerprint density at radius 3 is 1.90 bits per heavy atom. The van der Waals surface area contributed by atoms with Gasteiger partial charge in [-0.3, -0.25) is 9.69 Å². The number of rotatable bonds is 5. The zero-order valence-electron chi connectivity index (χ0n) is 15.8. The van der Waals surface area contributed by atoms with Crippen molar-refractivity contribution in [1.29, 1.82) is 0 Å². The van der Waals surface area contributed by atoms with Crippen molar-refractivity contribution >= 4 is 28.8 Å². The second-order valence-electron chi connectivity index (χ2n) is 6.75. The van der Waals surface area contributed by atoms with Crippen molar-refractivity contribution in [2.75, 3.05) is 11.5 Å². The monoisotopic (exact) mass is 401 g/mol. The molecule has 0 saturated carbocycles. The molecule has 0 atom stereocenters. The number of aliphatic hydroxyl groups excluding tert-OH is 1. The van der Waals surface area contributed by atoms with E-state index < -0.39 is 0 Å². The van der Waals surface area contributed by atoms with Crippen LogP contribution in [-0.4, -0.2) is 17.6 Å². The molecule has 0 saturated heterocycles. The number of allylic oxidation sites excluding steroid dienone is 1. The van der Waals surface area contributed by atoms with Crippen LogP contribution in [0.5, 0.6) is 0 Å². The largest absolute Gasteiger partial charge is 0.396 e. The minimum absolute atomic E-state index is 0.0781. The molecule has 1 aliphatic heterocycles. The van der Waals surface area contributed by atoms with Gasteiger partial charge in [0, 0.05) is 34.9 Å². The second kappa shape index (κ2) is 8.48. The number of hydrogen-bond donors (Lipinski definition) is 1. The van der Waals surface area contributed by atoms with Crippen molar-refractivity contribution in [2.24, 2.45) is 0 Å². The SMILES string of the molecule is O=C1C(CCO)=CC(=C(c2ccccc2)c2ccccc2)N1c1ccc(Cl)cc1. The molecule has 3 aromatic rings. The number of anilines is 1. The smallest absolute Gasteiger partial charge is 0.258 e. The molecule has 29 heavy (non-hydrogen) atoms. The first-order valence-corrected chi connectivity index (χ1v) is 9.83. The van der Waals surface area contributed by atoms with Gasteiger partial charge in [0.25, 0.3) is 5.91 Å². The summed E-state index contributed by atoms with van der Waals surface area (Å²) in [5.74, 6) is -0.124. The van der Waals surface area contributed by atoms with E-state index in [1.165, 1.54) is 0 Å². The van der Waals surface area contributed by atoms with Crippen molar-refractivity contribution in [3.8, 4) is 0 Å². The van der Waals surface area contributed by atoms with Crippen LogP contribution < -0.4 is 4.90 Å². The molecule has 0 unspecified atom stereocenters. The van der Waals surface area contributed by atoms with Crippen LogP contribution in [0, 0.1) is 0 Å². The summed E-state index contributed by atoms with van der Waals surface area (Å²) in [6.07, 6.45) is 2.20. The van der Waals surface area contributed by atoms with Crippen LogP contribution in [0.3, 0.4) is 0 Å². The van der Waals surface area contributed by atoms with Gasteiger partial charge in [0.1, 0.15) is 0 Å². The number of aliphatic hydroxyl groups is 1. The maximum absolute atomic E-state index is 13.2. The number of carbonyl (C=O) groups is 1. The Balaban J connectivity index is 1.98. The van der Waals surface area contributed by atoms with E-state index in [2.05, 4.69) is 0 Å². The zero-order valence-corrected chi connectivity index (χ0v) is 16.5. The van der Waals surface area contributed by atoms with Gasteiger partial charge in [-0.25, -0.2) is 0 Å². The van der Waals surface area contributed by atoms with E-state index in [1.807, 2.05) is 78.9 Å². The average Bonchev–Trinajstić information content (AvgIpc) is 3.07. The molecule has 4 rings (SSSR count). The van der Waals surface area contributed by atoms with Crippen molar-refractivity contribution < 1.29 is 9.90 Å². The molecule has 144 valence electrons. The van der Waals surface area contributed by atoms with Crippen LogP contribution in [0.25, 0.3) is 5.57 Å². The van der Waals surface area contributed by atoms with Crippen LogP contribution in [0.15, 0.2) is 102 Å². The minimum Gasteiger partial charge on any atom is -0.396 e. The van der Waals surface area contributed by atoms with E-state index in [0.717, 1.165) is 28.1 Å². The summed E-state index contributed by atoms with van der Waals surface area (Å²) in [5, 5.41) is 10.1. The molecule has 1 aliphatic rings. The Bertz CT molecular complexity index is 1030. The third-order valence-corrected chi connectivity index (χ3v) is 5.13. The fourth-order valence-electron chi connectivity index (χ4n) is 3.55. The third kappa shape index (κ3) is 3.88. The number of carbonyl (C=O) groups excluding carboxylic acids is 1. The number of halogens is 1. The Morgan fingerprint density at radius 2 is 1.38 bits per heavy atom. The average molecular weight is 402 g/mol. The second-order valence-corrected chi connectivity index (χ2v) is 7.19. The van der Waals surface area contributed by atoms with Crippen LogP contribution in [0.4, 0.5) is 5.69 Å². The molecule has 0 fully saturated rings. The molecule has 0 bridgehead atoms. The first kappa shape index (κ1) is 19.2. The first-order chi connectivity index (χ1) is 14.2. The maximum atomic E-state index is 13.2. The van der Waals surface area contributed by atoms with E-state index in [0.29, 0.717) is 17.0 Å². The van der Waals surface area contributed by atoms with E-state index in [4.69, 9.17) is 11.6 Å². The van der Waals surface area contributed by atoms with Gasteiger partial charge in [0.15, 0.2) is 0 Å². The molecule has 3 nitrogen and oxygen atoms in total. The van der Waals surface area contributed by atoms with Gasteiger partial charge in [-0.15, -0.1) is 0 Å². The fourth-order valence-corrected chi connectivity index (χ4v) is 3.67. The van der Waals surface area contributed by atoms with Gasteiger partial charge < -0.3 is 5.11 Å². The summed E-state index contributed by atoms with van der Waals surface area (Å²) in [6.45, 7) is -0.0781. The summed E-state index contributed by atoms with van der Waals surface area (Å²) >= 11 is 6.06. The summed E-state index contributed by atoms with van der Waals surface area (Å²) in [7, 11) is 0.